The number of rotatable bonds is 4. The van der Waals surface area contributed by atoms with Gasteiger partial charge in [0.25, 0.3) is 0 Å². The third kappa shape index (κ3) is 4.32. The molecule has 90 valence electrons. The van der Waals surface area contributed by atoms with E-state index in [0.29, 0.717) is 11.2 Å². The molecule has 0 saturated carbocycles. The second kappa shape index (κ2) is 6.57. The van der Waals surface area contributed by atoms with Crippen LogP contribution in [0.5, 0.6) is 0 Å². The molecule has 0 spiro atoms. The summed E-state index contributed by atoms with van der Waals surface area (Å²) in [5.74, 6) is 3.20. The van der Waals surface area contributed by atoms with Crippen molar-refractivity contribution in [3.05, 3.63) is 41.5 Å². The highest BCUT2D eigenvalue weighted by molar-refractivity contribution is 8.08. The minimum atomic E-state index is 0.541. The molecule has 0 aliphatic rings. The van der Waals surface area contributed by atoms with E-state index < -0.39 is 0 Å². The molecule has 0 heterocycles. The summed E-state index contributed by atoms with van der Waals surface area (Å²) in [6.07, 6.45) is 7.24. The number of benzene rings is 1. The monoisotopic (exact) mass is 244 g/mol. The van der Waals surface area contributed by atoms with Crippen molar-refractivity contribution in [3.8, 4) is 12.3 Å². The molecule has 0 unspecified atom stereocenters. The topological polar surface area (TPSA) is 0 Å². The Morgan fingerprint density at radius 3 is 2.18 bits per heavy atom. The largest absolute Gasteiger partial charge is 0.122 e. The first kappa shape index (κ1) is 13.9. The third-order valence-electron chi connectivity index (χ3n) is 2.44. The molecule has 0 aliphatic carbocycles. The maximum absolute atomic E-state index is 5.38. The minimum absolute atomic E-state index is 0.541. The second-order valence-electron chi connectivity index (χ2n) is 4.62. The maximum Gasteiger partial charge on any atom is 0.0230 e. The highest BCUT2D eigenvalue weighted by atomic mass is 32.2. The SMILES string of the molecule is C#CC=C(SC(C)C)c1ccc(C(C)C)cc1. The Kier molecular flexibility index (Phi) is 5.38. The average molecular weight is 244 g/mol. The van der Waals surface area contributed by atoms with Gasteiger partial charge in [-0.15, -0.1) is 18.2 Å². The van der Waals surface area contributed by atoms with Crippen LogP contribution < -0.4 is 0 Å². The van der Waals surface area contributed by atoms with Crippen LogP contribution in [0.2, 0.25) is 0 Å². The molecule has 0 amide bonds. The van der Waals surface area contributed by atoms with Gasteiger partial charge in [0, 0.05) is 16.2 Å². The summed E-state index contributed by atoms with van der Waals surface area (Å²) in [5.41, 5.74) is 2.58. The molecule has 1 aromatic carbocycles. The fraction of sp³-hybridized carbons (Fsp3) is 0.375. The first-order chi connectivity index (χ1) is 8.04. The number of hydrogen-bond donors (Lipinski definition) is 0. The van der Waals surface area contributed by atoms with Gasteiger partial charge in [-0.25, -0.2) is 0 Å². The lowest BCUT2D eigenvalue weighted by Gasteiger charge is -2.11. The number of terminal acetylenes is 1. The molecule has 0 nitrogen and oxygen atoms in total. The van der Waals surface area contributed by atoms with Crippen LogP contribution in [0.1, 0.15) is 44.7 Å². The van der Waals surface area contributed by atoms with E-state index in [9.17, 15) is 0 Å². The second-order valence-corrected chi connectivity index (χ2v) is 6.24. The summed E-state index contributed by atoms with van der Waals surface area (Å²) >= 11 is 1.81. The van der Waals surface area contributed by atoms with Crippen LogP contribution in [-0.4, -0.2) is 5.25 Å². The van der Waals surface area contributed by atoms with Crippen LogP contribution in [0.4, 0.5) is 0 Å². The Morgan fingerprint density at radius 2 is 1.76 bits per heavy atom. The van der Waals surface area contributed by atoms with Gasteiger partial charge in [0.05, 0.1) is 0 Å². The molecule has 0 bridgehead atoms. The molecule has 0 saturated heterocycles. The van der Waals surface area contributed by atoms with E-state index in [1.807, 2.05) is 17.8 Å². The molecule has 0 aliphatic heterocycles. The van der Waals surface area contributed by atoms with Crippen LogP contribution in [0.3, 0.4) is 0 Å². The number of allylic oxidation sites excluding steroid dienone is 1. The van der Waals surface area contributed by atoms with E-state index in [4.69, 9.17) is 6.42 Å². The average Bonchev–Trinajstić information content (AvgIpc) is 2.28. The molecule has 0 N–H and O–H groups in total. The summed E-state index contributed by atoms with van der Waals surface area (Å²) in [7, 11) is 0. The summed E-state index contributed by atoms with van der Waals surface area (Å²) < 4.78 is 0. The zero-order valence-corrected chi connectivity index (χ0v) is 11.8. The van der Waals surface area contributed by atoms with Gasteiger partial charge in [0.2, 0.25) is 0 Å². The van der Waals surface area contributed by atoms with Crippen molar-refractivity contribution in [2.45, 2.75) is 38.9 Å². The minimum Gasteiger partial charge on any atom is -0.122 e. The van der Waals surface area contributed by atoms with Crippen molar-refractivity contribution in [1.82, 2.24) is 0 Å². The van der Waals surface area contributed by atoms with Gasteiger partial charge < -0.3 is 0 Å². The van der Waals surface area contributed by atoms with Gasteiger partial charge in [-0.05, 0) is 17.0 Å². The lowest BCUT2D eigenvalue weighted by molar-refractivity contribution is 0.866. The summed E-state index contributed by atoms with van der Waals surface area (Å²) in [4.78, 5) is 1.18. The van der Waals surface area contributed by atoms with E-state index in [-0.39, 0.29) is 0 Å². The Balaban J connectivity index is 2.97. The lowest BCUT2D eigenvalue weighted by atomic mass is 10.0. The van der Waals surface area contributed by atoms with Crippen molar-refractivity contribution in [2.75, 3.05) is 0 Å². The molecule has 0 radical (unpaired) electrons. The Labute approximate surface area is 110 Å². The van der Waals surface area contributed by atoms with Crippen molar-refractivity contribution in [1.29, 1.82) is 0 Å². The van der Waals surface area contributed by atoms with Gasteiger partial charge in [-0.2, -0.15) is 0 Å². The van der Waals surface area contributed by atoms with Crippen molar-refractivity contribution in [2.24, 2.45) is 0 Å². The number of thioether (sulfide) groups is 1. The molecule has 0 fully saturated rings. The molecule has 0 aromatic heterocycles. The Morgan fingerprint density at radius 1 is 1.18 bits per heavy atom. The highest BCUT2D eigenvalue weighted by Gasteiger charge is 2.06. The van der Waals surface area contributed by atoms with Crippen LogP contribution >= 0.6 is 11.8 Å². The van der Waals surface area contributed by atoms with Crippen LogP contribution in [0.15, 0.2) is 30.3 Å². The third-order valence-corrected chi connectivity index (χ3v) is 3.52. The molecule has 1 aromatic rings. The lowest BCUT2D eigenvalue weighted by Crippen LogP contribution is -1.91. The first-order valence-corrected chi connectivity index (χ1v) is 6.85. The molecule has 0 atom stereocenters. The van der Waals surface area contributed by atoms with E-state index in [0.717, 1.165) is 0 Å². The van der Waals surface area contributed by atoms with Crippen molar-refractivity contribution in [3.63, 3.8) is 0 Å². The quantitative estimate of drug-likeness (QED) is 0.677. The fourth-order valence-corrected chi connectivity index (χ4v) is 2.46. The van der Waals surface area contributed by atoms with Gasteiger partial charge >= 0.3 is 0 Å². The van der Waals surface area contributed by atoms with E-state index in [1.165, 1.54) is 16.0 Å². The van der Waals surface area contributed by atoms with E-state index >= 15 is 0 Å². The van der Waals surface area contributed by atoms with Crippen molar-refractivity contribution >= 4 is 16.7 Å². The van der Waals surface area contributed by atoms with Crippen LogP contribution in [0.25, 0.3) is 4.91 Å². The predicted molar refractivity (Wildman–Crippen MR) is 80.1 cm³/mol. The zero-order valence-electron chi connectivity index (χ0n) is 11.0. The maximum atomic E-state index is 5.38. The number of hydrogen-bond acceptors (Lipinski definition) is 1. The van der Waals surface area contributed by atoms with Gasteiger partial charge in [-0.3, -0.25) is 0 Å². The standard InChI is InChI=1S/C16H20S/c1-6-7-16(17-13(4)5)15-10-8-14(9-11-15)12(2)3/h1,7-13H,2-5H3. The molecular weight excluding hydrogens is 224 g/mol. The Bertz CT molecular complexity index is 416. The van der Waals surface area contributed by atoms with E-state index in [2.05, 4.69) is 57.9 Å². The summed E-state index contributed by atoms with van der Waals surface area (Å²) in [5, 5.41) is 0.541. The van der Waals surface area contributed by atoms with Crippen molar-refractivity contribution < 1.29 is 0 Å². The Hall–Kier alpha value is -1.13. The zero-order chi connectivity index (χ0) is 12.8. The van der Waals surface area contributed by atoms with Crippen LogP contribution in [-0.2, 0) is 0 Å². The summed E-state index contributed by atoms with van der Waals surface area (Å²) in [6, 6.07) is 8.69. The highest BCUT2D eigenvalue weighted by Crippen LogP contribution is 2.31. The normalized spacial score (nSPS) is 11.9. The molecular formula is C16H20S. The van der Waals surface area contributed by atoms with Gasteiger partial charge in [0.1, 0.15) is 0 Å². The van der Waals surface area contributed by atoms with E-state index in [1.54, 1.807) is 0 Å². The predicted octanol–water partition coefficient (Wildman–Crippen LogP) is 4.93. The van der Waals surface area contributed by atoms with Gasteiger partial charge in [0.15, 0.2) is 0 Å². The fourth-order valence-electron chi connectivity index (χ4n) is 1.55. The van der Waals surface area contributed by atoms with Crippen LogP contribution in [0, 0.1) is 12.3 Å². The van der Waals surface area contributed by atoms with Gasteiger partial charge in [-0.1, -0.05) is 57.9 Å². The summed E-state index contributed by atoms with van der Waals surface area (Å²) in [6.45, 7) is 8.77. The molecule has 1 heteroatoms. The molecule has 17 heavy (non-hydrogen) atoms. The molecule has 1 rings (SSSR count). The first-order valence-electron chi connectivity index (χ1n) is 5.98. The smallest absolute Gasteiger partial charge is 0.0230 e.